The Morgan fingerprint density at radius 2 is 1.94 bits per heavy atom. The fourth-order valence-corrected chi connectivity index (χ4v) is 1.80. The highest BCUT2D eigenvalue weighted by Gasteiger charge is 2.21. The summed E-state index contributed by atoms with van der Waals surface area (Å²) in [4.78, 5) is 0. The van der Waals surface area contributed by atoms with Gasteiger partial charge in [-0.05, 0) is 18.9 Å². The molecular weight excluding hydrogens is 230 g/mol. The molecule has 0 fully saturated rings. The van der Waals surface area contributed by atoms with E-state index in [0.29, 0.717) is 31.7 Å². The fraction of sp³-hybridized carbons (Fsp3) is 0.571. The number of hydrogen-bond donors (Lipinski definition) is 3. The van der Waals surface area contributed by atoms with Crippen LogP contribution in [0.4, 0.5) is 0 Å². The van der Waals surface area contributed by atoms with Gasteiger partial charge in [0.1, 0.15) is 0 Å². The standard InChI is InChI=1S/C14H23NO3/c1-4-14(17,5-2)10-15-9-11-7-6-8-12(18-3)13(11)16/h6-8,15-17H,4-5,9-10H2,1-3H3. The average molecular weight is 253 g/mol. The monoisotopic (exact) mass is 253 g/mol. The van der Waals surface area contributed by atoms with Crippen molar-refractivity contribution in [3.8, 4) is 11.5 Å². The highest BCUT2D eigenvalue weighted by molar-refractivity contribution is 5.45. The number of nitrogens with one attached hydrogen (secondary N) is 1. The second kappa shape index (κ2) is 6.61. The molecule has 0 atom stereocenters. The number of phenols is 1. The smallest absolute Gasteiger partial charge is 0.162 e. The summed E-state index contributed by atoms with van der Waals surface area (Å²) < 4.78 is 5.05. The zero-order chi connectivity index (χ0) is 13.6. The minimum Gasteiger partial charge on any atom is -0.504 e. The van der Waals surface area contributed by atoms with Gasteiger partial charge in [-0.15, -0.1) is 0 Å². The van der Waals surface area contributed by atoms with Crippen molar-refractivity contribution in [1.82, 2.24) is 5.32 Å². The average Bonchev–Trinajstić information content (AvgIpc) is 2.40. The number of aromatic hydroxyl groups is 1. The molecule has 4 nitrogen and oxygen atoms in total. The van der Waals surface area contributed by atoms with Gasteiger partial charge in [0, 0.05) is 18.7 Å². The Kier molecular flexibility index (Phi) is 5.44. The number of para-hydroxylation sites is 1. The molecule has 0 saturated heterocycles. The summed E-state index contributed by atoms with van der Waals surface area (Å²) in [6, 6.07) is 5.39. The van der Waals surface area contributed by atoms with E-state index in [2.05, 4.69) is 5.32 Å². The van der Waals surface area contributed by atoms with Crippen LogP contribution in [0.2, 0.25) is 0 Å². The maximum Gasteiger partial charge on any atom is 0.162 e. The molecule has 0 amide bonds. The Hall–Kier alpha value is -1.26. The van der Waals surface area contributed by atoms with Gasteiger partial charge in [-0.1, -0.05) is 26.0 Å². The van der Waals surface area contributed by atoms with Crippen LogP contribution in [0.25, 0.3) is 0 Å². The van der Waals surface area contributed by atoms with E-state index in [1.165, 1.54) is 7.11 Å². The predicted octanol–water partition coefficient (Wildman–Crippen LogP) is 2.04. The second-order valence-electron chi connectivity index (χ2n) is 4.50. The summed E-state index contributed by atoms with van der Waals surface area (Å²) in [6.45, 7) is 4.95. The van der Waals surface area contributed by atoms with E-state index < -0.39 is 5.60 Å². The van der Waals surface area contributed by atoms with Gasteiger partial charge in [0.2, 0.25) is 0 Å². The van der Waals surface area contributed by atoms with Crippen molar-refractivity contribution in [1.29, 1.82) is 0 Å². The first-order valence-electron chi connectivity index (χ1n) is 6.34. The Labute approximate surface area is 109 Å². The van der Waals surface area contributed by atoms with E-state index in [9.17, 15) is 10.2 Å². The van der Waals surface area contributed by atoms with Gasteiger partial charge < -0.3 is 20.3 Å². The topological polar surface area (TPSA) is 61.7 Å². The van der Waals surface area contributed by atoms with Crippen LogP contribution >= 0.6 is 0 Å². The largest absolute Gasteiger partial charge is 0.504 e. The number of aliphatic hydroxyl groups is 1. The maximum absolute atomic E-state index is 10.1. The van der Waals surface area contributed by atoms with Gasteiger partial charge in [-0.3, -0.25) is 0 Å². The molecule has 0 aliphatic heterocycles. The Morgan fingerprint density at radius 3 is 2.50 bits per heavy atom. The van der Waals surface area contributed by atoms with Crippen molar-refractivity contribution < 1.29 is 14.9 Å². The molecule has 0 aromatic heterocycles. The van der Waals surface area contributed by atoms with Gasteiger partial charge >= 0.3 is 0 Å². The van der Waals surface area contributed by atoms with E-state index >= 15 is 0 Å². The fourth-order valence-electron chi connectivity index (χ4n) is 1.80. The van der Waals surface area contributed by atoms with E-state index in [-0.39, 0.29) is 5.75 Å². The highest BCUT2D eigenvalue weighted by Crippen LogP contribution is 2.29. The molecule has 18 heavy (non-hydrogen) atoms. The van der Waals surface area contributed by atoms with Crippen LogP contribution in [0.1, 0.15) is 32.3 Å². The first kappa shape index (κ1) is 14.8. The third kappa shape index (κ3) is 3.62. The summed E-state index contributed by atoms with van der Waals surface area (Å²) in [7, 11) is 1.53. The lowest BCUT2D eigenvalue weighted by Gasteiger charge is -2.25. The molecule has 1 rings (SSSR count). The van der Waals surface area contributed by atoms with Crippen LogP contribution in [-0.2, 0) is 6.54 Å². The molecule has 1 aromatic rings. The number of rotatable bonds is 7. The van der Waals surface area contributed by atoms with Crippen LogP contribution in [0.15, 0.2) is 18.2 Å². The van der Waals surface area contributed by atoms with Gasteiger partial charge in [0.15, 0.2) is 11.5 Å². The first-order chi connectivity index (χ1) is 8.56. The van der Waals surface area contributed by atoms with Gasteiger partial charge in [0.25, 0.3) is 0 Å². The number of phenolic OH excluding ortho intramolecular Hbond substituents is 1. The summed E-state index contributed by atoms with van der Waals surface area (Å²) in [5.41, 5.74) is 0.0954. The summed E-state index contributed by atoms with van der Waals surface area (Å²) >= 11 is 0. The van der Waals surface area contributed by atoms with Crippen molar-refractivity contribution in [3.05, 3.63) is 23.8 Å². The molecule has 102 valence electrons. The van der Waals surface area contributed by atoms with E-state index in [1.54, 1.807) is 6.07 Å². The van der Waals surface area contributed by atoms with Crippen LogP contribution in [-0.4, -0.2) is 29.5 Å². The van der Waals surface area contributed by atoms with Crippen molar-refractivity contribution in [2.75, 3.05) is 13.7 Å². The lowest BCUT2D eigenvalue weighted by molar-refractivity contribution is 0.0322. The van der Waals surface area contributed by atoms with Crippen LogP contribution in [0.5, 0.6) is 11.5 Å². The number of ether oxygens (including phenoxy) is 1. The lowest BCUT2D eigenvalue weighted by atomic mass is 9.97. The third-order valence-electron chi connectivity index (χ3n) is 3.39. The minimum absolute atomic E-state index is 0.157. The molecular formula is C14H23NO3. The summed E-state index contributed by atoms with van der Waals surface area (Å²) in [5.74, 6) is 0.625. The van der Waals surface area contributed by atoms with Crippen molar-refractivity contribution in [2.45, 2.75) is 38.8 Å². The molecule has 4 heteroatoms. The molecule has 3 N–H and O–H groups in total. The van der Waals surface area contributed by atoms with Gasteiger partial charge in [-0.25, -0.2) is 0 Å². The Bertz CT molecular complexity index is 375. The molecule has 0 bridgehead atoms. The first-order valence-corrected chi connectivity index (χ1v) is 6.34. The number of hydrogen-bond acceptors (Lipinski definition) is 4. The molecule has 0 radical (unpaired) electrons. The summed E-state index contributed by atoms with van der Waals surface area (Å²) in [5, 5.41) is 23.2. The van der Waals surface area contributed by atoms with Gasteiger partial charge in [0.05, 0.1) is 12.7 Å². The zero-order valence-electron chi connectivity index (χ0n) is 11.4. The molecule has 0 unspecified atom stereocenters. The Balaban J connectivity index is 2.59. The molecule has 0 heterocycles. The van der Waals surface area contributed by atoms with Crippen LogP contribution in [0, 0.1) is 0 Å². The third-order valence-corrected chi connectivity index (χ3v) is 3.39. The molecule has 0 spiro atoms. The SMILES string of the molecule is CCC(O)(CC)CNCc1cccc(OC)c1O. The highest BCUT2D eigenvalue weighted by atomic mass is 16.5. The van der Waals surface area contributed by atoms with Crippen molar-refractivity contribution >= 4 is 0 Å². The predicted molar refractivity (Wildman–Crippen MR) is 71.9 cm³/mol. The van der Waals surface area contributed by atoms with E-state index in [1.807, 2.05) is 26.0 Å². The molecule has 1 aromatic carbocycles. The minimum atomic E-state index is -0.672. The zero-order valence-corrected chi connectivity index (χ0v) is 11.4. The molecule has 0 saturated carbocycles. The van der Waals surface area contributed by atoms with Gasteiger partial charge in [-0.2, -0.15) is 0 Å². The number of methoxy groups -OCH3 is 1. The van der Waals surface area contributed by atoms with Crippen molar-refractivity contribution in [2.24, 2.45) is 0 Å². The quantitative estimate of drug-likeness (QED) is 0.696. The maximum atomic E-state index is 10.1. The van der Waals surface area contributed by atoms with Crippen LogP contribution in [0.3, 0.4) is 0 Å². The molecule has 0 aliphatic rings. The van der Waals surface area contributed by atoms with Crippen molar-refractivity contribution in [3.63, 3.8) is 0 Å². The summed E-state index contributed by atoms with van der Waals surface area (Å²) in [6.07, 6.45) is 1.42. The van der Waals surface area contributed by atoms with E-state index in [0.717, 1.165) is 5.56 Å². The molecule has 0 aliphatic carbocycles. The normalized spacial score (nSPS) is 11.6. The van der Waals surface area contributed by atoms with Crippen LogP contribution < -0.4 is 10.1 Å². The second-order valence-corrected chi connectivity index (χ2v) is 4.50. The van der Waals surface area contributed by atoms with E-state index in [4.69, 9.17) is 4.74 Å². The number of benzene rings is 1. The lowest BCUT2D eigenvalue weighted by Crippen LogP contribution is -2.39. The Morgan fingerprint density at radius 1 is 1.28 bits per heavy atom.